The highest BCUT2D eigenvalue weighted by Crippen LogP contribution is 2.41. The number of aliphatic hydroxyl groups is 1. The fraction of sp³-hybridized carbons (Fsp3) is 0.381. The topological polar surface area (TPSA) is 50.4 Å². The molecule has 0 spiro atoms. The summed E-state index contributed by atoms with van der Waals surface area (Å²) in [5, 5.41) is 12.8. The van der Waals surface area contributed by atoms with Crippen LogP contribution in [0.25, 0.3) is 21.9 Å². The van der Waals surface area contributed by atoms with Crippen molar-refractivity contribution in [2.24, 2.45) is 0 Å². The Morgan fingerprint density at radius 1 is 0.923 bits per heavy atom. The van der Waals surface area contributed by atoms with Crippen molar-refractivity contribution in [3.63, 3.8) is 0 Å². The Morgan fingerprint density at radius 3 is 2.00 bits per heavy atom. The highest BCUT2D eigenvalue weighted by molar-refractivity contribution is 9.10. The minimum atomic E-state index is -1.07. The van der Waals surface area contributed by atoms with Gasteiger partial charge in [0.2, 0.25) is 0 Å². The normalized spacial score (nSPS) is 15.4. The van der Waals surface area contributed by atoms with Crippen molar-refractivity contribution >= 4 is 59.6 Å². The number of fused-ring (bicyclic) bond motifs is 3. The van der Waals surface area contributed by atoms with E-state index in [0.29, 0.717) is 5.56 Å². The van der Waals surface area contributed by atoms with Crippen molar-refractivity contribution < 1.29 is 14.3 Å². The van der Waals surface area contributed by atoms with Gasteiger partial charge in [-0.1, -0.05) is 37.9 Å². The first-order valence-corrected chi connectivity index (χ1v) is 10.0. The number of hydrogen-bond acceptors (Lipinski definition) is 3. The monoisotopic (exact) mass is 480 g/mol. The van der Waals surface area contributed by atoms with Crippen molar-refractivity contribution in [1.82, 2.24) is 0 Å². The maximum Gasteiger partial charge on any atom is 0.178 e. The van der Waals surface area contributed by atoms with Gasteiger partial charge in [-0.3, -0.25) is 4.79 Å². The number of hydrogen-bond donors (Lipinski definition) is 1. The molecule has 1 unspecified atom stereocenters. The zero-order chi connectivity index (χ0) is 19.5. The van der Waals surface area contributed by atoms with E-state index in [1.165, 1.54) is 0 Å². The quantitative estimate of drug-likeness (QED) is 0.350. The molecule has 0 saturated heterocycles. The lowest BCUT2D eigenvalue weighted by Gasteiger charge is -2.35. The average molecular weight is 482 g/mol. The smallest absolute Gasteiger partial charge is 0.178 e. The predicted octanol–water partition coefficient (Wildman–Crippen LogP) is 6.32. The van der Waals surface area contributed by atoms with Gasteiger partial charge in [-0.2, -0.15) is 0 Å². The van der Waals surface area contributed by atoms with Gasteiger partial charge in [-0.05, 0) is 70.5 Å². The van der Waals surface area contributed by atoms with Crippen LogP contribution in [-0.4, -0.2) is 19.5 Å². The van der Waals surface area contributed by atoms with Crippen molar-refractivity contribution in [1.29, 1.82) is 0 Å². The SMILES string of the molecule is CC(C)(Br)C(=O)c1ccc2oc3ccc(C(C)(O)C(C)(C)Br)cc3c2c1. The molecule has 3 rings (SSSR count). The van der Waals surface area contributed by atoms with Gasteiger partial charge in [0.25, 0.3) is 0 Å². The van der Waals surface area contributed by atoms with Crippen LogP contribution >= 0.6 is 31.9 Å². The first kappa shape index (κ1) is 19.6. The Labute approximate surface area is 170 Å². The highest BCUT2D eigenvalue weighted by Gasteiger charge is 2.39. The summed E-state index contributed by atoms with van der Waals surface area (Å²) in [6.07, 6.45) is 0. The molecule has 0 amide bonds. The van der Waals surface area contributed by atoms with E-state index in [-0.39, 0.29) is 5.78 Å². The molecule has 1 heterocycles. The third-order valence-electron chi connectivity index (χ3n) is 4.99. The highest BCUT2D eigenvalue weighted by atomic mass is 79.9. The molecule has 0 aliphatic carbocycles. The largest absolute Gasteiger partial charge is 0.456 e. The van der Waals surface area contributed by atoms with Crippen LogP contribution in [-0.2, 0) is 5.60 Å². The van der Waals surface area contributed by atoms with Crippen LogP contribution in [0.5, 0.6) is 0 Å². The number of rotatable bonds is 4. The summed E-state index contributed by atoms with van der Waals surface area (Å²) in [5.41, 5.74) is 1.79. The summed E-state index contributed by atoms with van der Waals surface area (Å²) in [7, 11) is 0. The van der Waals surface area contributed by atoms with Crippen molar-refractivity contribution in [3.8, 4) is 0 Å². The summed E-state index contributed by atoms with van der Waals surface area (Å²) >= 11 is 7.00. The molecule has 138 valence electrons. The van der Waals surface area contributed by atoms with Crippen LogP contribution in [0.2, 0.25) is 0 Å². The van der Waals surface area contributed by atoms with Gasteiger partial charge in [0.15, 0.2) is 5.78 Å². The number of Topliss-reactive ketones (excluding diaryl/α,β-unsaturated/α-hetero) is 1. The molecule has 1 aromatic heterocycles. The number of ketones is 1. The minimum Gasteiger partial charge on any atom is -0.456 e. The first-order valence-electron chi connectivity index (χ1n) is 8.44. The fourth-order valence-electron chi connectivity index (χ4n) is 2.91. The van der Waals surface area contributed by atoms with Gasteiger partial charge in [0, 0.05) is 16.3 Å². The molecule has 1 atom stereocenters. The van der Waals surface area contributed by atoms with E-state index in [9.17, 15) is 9.90 Å². The van der Waals surface area contributed by atoms with Crippen LogP contribution in [0, 0.1) is 0 Å². The Hall–Kier alpha value is -1.17. The average Bonchev–Trinajstić information content (AvgIpc) is 2.89. The Morgan fingerprint density at radius 2 is 1.46 bits per heavy atom. The molecule has 1 N–H and O–H groups in total. The molecular weight excluding hydrogens is 460 g/mol. The number of halogens is 2. The number of benzene rings is 2. The lowest BCUT2D eigenvalue weighted by atomic mass is 9.84. The number of carbonyl (C=O) groups excluding carboxylic acids is 1. The molecule has 3 aromatic rings. The second-order valence-corrected chi connectivity index (χ2v) is 11.8. The van der Waals surface area contributed by atoms with Crippen LogP contribution in [0.4, 0.5) is 0 Å². The summed E-state index contributed by atoms with van der Waals surface area (Å²) < 4.78 is 4.77. The zero-order valence-corrected chi connectivity index (χ0v) is 18.7. The van der Waals surface area contributed by atoms with Crippen molar-refractivity contribution in [2.45, 2.75) is 48.9 Å². The Kier molecular flexibility index (Phi) is 4.66. The number of furan rings is 1. The van der Waals surface area contributed by atoms with Crippen LogP contribution < -0.4 is 0 Å². The molecule has 0 fully saturated rings. The summed E-state index contributed by atoms with van der Waals surface area (Å²) in [5.74, 6) is 0.0125. The van der Waals surface area contributed by atoms with Gasteiger partial charge in [-0.15, -0.1) is 0 Å². The van der Waals surface area contributed by atoms with Crippen LogP contribution in [0.3, 0.4) is 0 Å². The molecule has 26 heavy (non-hydrogen) atoms. The lowest BCUT2D eigenvalue weighted by Crippen LogP contribution is -2.39. The zero-order valence-electron chi connectivity index (χ0n) is 15.5. The maximum absolute atomic E-state index is 12.6. The second kappa shape index (κ2) is 6.18. The standard InChI is InChI=1S/C21H22Br2O3/c1-19(2,22)18(24)12-6-8-16-14(10-12)15-11-13(7-9-17(15)26-16)21(5,25)20(3,4)23/h6-11,25H,1-5H3. The molecule has 0 aliphatic rings. The van der Waals surface area contributed by atoms with E-state index in [1.807, 2.05) is 58.0 Å². The Balaban J connectivity index is 2.22. The van der Waals surface area contributed by atoms with Crippen LogP contribution in [0.1, 0.15) is 50.5 Å². The van der Waals surface area contributed by atoms with E-state index in [4.69, 9.17) is 4.42 Å². The number of carbonyl (C=O) groups is 1. The molecule has 0 bridgehead atoms. The molecular formula is C21H22Br2O3. The molecule has 0 saturated carbocycles. The first-order chi connectivity index (χ1) is 11.8. The summed E-state index contributed by atoms with van der Waals surface area (Å²) in [4.78, 5) is 12.6. The number of alkyl halides is 2. The third-order valence-corrected chi connectivity index (χ3v) is 6.12. The maximum atomic E-state index is 12.6. The van der Waals surface area contributed by atoms with E-state index in [0.717, 1.165) is 27.5 Å². The summed E-state index contributed by atoms with van der Waals surface area (Å²) in [6.45, 7) is 9.31. The van der Waals surface area contributed by atoms with E-state index >= 15 is 0 Å². The Bertz CT molecular complexity index is 1000. The minimum absolute atomic E-state index is 0.0125. The summed E-state index contributed by atoms with van der Waals surface area (Å²) in [6, 6.07) is 11.2. The van der Waals surface area contributed by atoms with Gasteiger partial charge in [0.1, 0.15) is 16.8 Å². The van der Waals surface area contributed by atoms with E-state index in [2.05, 4.69) is 31.9 Å². The van der Waals surface area contributed by atoms with E-state index < -0.39 is 14.2 Å². The molecule has 3 nitrogen and oxygen atoms in total. The second-order valence-electron chi connectivity index (χ2n) is 7.87. The van der Waals surface area contributed by atoms with Crippen molar-refractivity contribution in [2.75, 3.05) is 0 Å². The van der Waals surface area contributed by atoms with Gasteiger partial charge >= 0.3 is 0 Å². The molecule has 0 aliphatic heterocycles. The predicted molar refractivity (Wildman–Crippen MR) is 114 cm³/mol. The van der Waals surface area contributed by atoms with Gasteiger partial charge in [0.05, 0.1) is 8.65 Å². The van der Waals surface area contributed by atoms with Crippen LogP contribution in [0.15, 0.2) is 40.8 Å². The van der Waals surface area contributed by atoms with Crippen molar-refractivity contribution in [3.05, 3.63) is 47.5 Å². The molecule has 0 radical (unpaired) electrons. The molecule has 5 heteroatoms. The fourth-order valence-corrected chi connectivity index (χ4v) is 3.37. The molecule has 2 aromatic carbocycles. The van der Waals surface area contributed by atoms with E-state index in [1.54, 1.807) is 13.0 Å². The lowest BCUT2D eigenvalue weighted by molar-refractivity contribution is 0.0287. The third kappa shape index (κ3) is 3.25. The van der Waals surface area contributed by atoms with Gasteiger partial charge < -0.3 is 9.52 Å². The van der Waals surface area contributed by atoms with Gasteiger partial charge in [-0.25, -0.2) is 0 Å².